The summed E-state index contributed by atoms with van der Waals surface area (Å²) in [5.74, 6) is -1.27. The third kappa shape index (κ3) is 5.38. The van der Waals surface area contributed by atoms with E-state index in [1.54, 1.807) is 24.3 Å². The maximum absolute atomic E-state index is 11.8. The first-order valence-corrected chi connectivity index (χ1v) is 10.5. The molecule has 3 rings (SSSR count). The Kier molecular flexibility index (Phi) is 6.89. The first-order chi connectivity index (χ1) is 14.7. The second kappa shape index (κ2) is 9.42. The number of furan rings is 1. The summed E-state index contributed by atoms with van der Waals surface area (Å²) in [5, 5.41) is 0.668. The lowest BCUT2D eigenvalue weighted by Gasteiger charge is -2.39. The molecule has 1 aromatic heterocycles. The summed E-state index contributed by atoms with van der Waals surface area (Å²) in [6.45, 7) is 5.06. The molecule has 1 fully saturated rings. The highest BCUT2D eigenvalue weighted by Crippen LogP contribution is 2.37. The Balaban J connectivity index is 1.94. The standard InChI is InChI=1S/C21H22O9S/c1-10(22)16-8-14-6-5-7-15(18(14)29-16)30-21-20(28-13(4)25)19(27-12(3)24)17(9-31-21)26-11(2)23/h5-8,17,19-21H,9H2,1-4H3/t17-,19+,20-,21-/m1/s1. The lowest BCUT2D eigenvalue weighted by Crippen LogP contribution is -2.55. The van der Waals surface area contributed by atoms with Crippen LogP contribution in [-0.4, -0.2) is 53.2 Å². The molecule has 0 radical (unpaired) electrons. The van der Waals surface area contributed by atoms with Crippen LogP contribution < -0.4 is 4.74 Å². The van der Waals surface area contributed by atoms with Gasteiger partial charge in [0.1, 0.15) is 0 Å². The highest BCUT2D eigenvalue weighted by molar-refractivity contribution is 7.99. The maximum atomic E-state index is 11.8. The van der Waals surface area contributed by atoms with Crippen molar-refractivity contribution in [2.75, 3.05) is 5.75 Å². The number of para-hydroxylation sites is 1. The van der Waals surface area contributed by atoms with Crippen molar-refractivity contribution in [1.29, 1.82) is 0 Å². The molecule has 0 bridgehead atoms. The van der Waals surface area contributed by atoms with Gasteiger partial charge in [0.25, 0.3) is 0 Å². The first-order valence-electron chi connectivity index (χ1n) is 9.49. The number of Topliss-reactive ketones (excluding diaryl/α,β-unsaturated/α-hetero) is 1. The van der Waals surface area contributed by atoms with Gasteiger partial charge in [0.15, 0.2) is 46.6 Å². The zero-order valence-electron chi connectivity index (χ0n) is 17.4. The number of rotatable bonds is 6. The van der Waals surface area contributed by atoms with Crippen LogP contribution >= 0.6 is 11.8 Å². The number of fused-ring (bicyclic) bond motifs is 1. The van der Waals surface area contributed by atoms with E-state index in [2.05, 4.69) is 0 Å². The van der Waals surface area contributed by atoms with Crippen molar-refractivity contribution in [3.8, 4) is 5.75 Å². The quantitative estimate of drug-likeness (QED) is 0.369. The molecule has 0 aliphatic carbocycles. The smallest absolute Gasteiger partial charge is 0.303 e. The molecule has 0 spiro atoms. The van der Waals surface area contributed by atoms with Crippen LogP contribution in [0.15, 0.2) is 28.7 Å². The number of carbonyl (C=O) groups excluding carboxylic acids is 4. The molecule has 2 heterocycles. The van der Waals surface area contributed by atoms with Gasteiger partial charge in [0, 0.05) is 38.8 Å². The maximum Gasteiger partial charge on any atom is 0.303 e. The molecule has 1 aromatic carbocycles. The van der Waals surface area contributed by atoms with Gasteiger partial charge in [0.2, 0.25) is 0 Å². The van der Waals surface area contributed by atoms with Crippen molar-refractivity contribution in [1.82, 2.24) is 0 Å². The normalized spacial score (nSPS) is 23.1. The third-order valence-electron chi connectivity index (χ3n) is 4.40. The van der Waals surface area contributed by atoms with Crippen LogP contribution in [0.1, 0.15) is 38.2 Å². The largest absolute Gasteiger partial charge is 0.472 e. The van der Waals surface area contributed by atoms with Crippen LogP contribution in [0.2, 0.25) is 0 Å². The third-order valence-corrected chi connectivity index (χ3v) is 5.62. The fourth-order valence-electron chi connectivity index (χ4n) is 3.24. The molecule has 0 N–H and O–H groups in total. The molecule has 9 nitrogen and oxygen atoms in total. The Morgan fingerprint density at radius 2 is 1.58 bits per heavy atom. The minimum atomic E-state index is -1.06. The number of carbonyl (C=O) groups is 4. The second-order valence-corrected chi connectivity index (χ2v) is 8.09. The van der Waals surface area contributed by atoms with Crippen LogP contribution in [0.25, 0.3) is 11.0 Å². The molecular weight excluding hydrogens is 428 g/mol. The van der Waals surface area contributed by atoms with Gasteiger partial charge in [-0.25, -0.2) is 0 Å². The van der Waals surface area contributed by atoms with E-state index >= 15 is 0 Å². The average Bonchev–Trinajstić information content (AvgIpc) is 3.11. The van der Waals surface area contributed by atoms with Crippen molar-refractivity contribution in [2.24, 2.45) is 0 Å². The molecule has 10 heteroatoms. The van der Waals surface area contributed by atoms with E-state index in [-0.39, 0.29) is 17.3 Å². The minimum absolute atomic E-state index is 0.187. The van der Waals surface area contributed by atoms with Gasteiger partial charge in [-0.1, -0.05) is 12.1 Å². The molecule has 31 heavy (non-hydrogen) atoms. The molecule has 2 aromatic rings. The summed E-state index contributed by atoms with van der Waals surface area (Å²) >= 11 is 1.23. The number of ketones is 1. The molecular formula is C21H22O9S. The summed E-state index contributed by atoms with van der Waals surface area (Å²) in [4.78, 5) is 46.6. The molecule has 0 amide bonds. The van der Waals surface area contributed by atoms with E-state index in [1.165, 1.54) is 39.5 Å². The highest BCUT2D eigenvalue weighted by Gasteiger charge is 2.47. The van der Waals surface area contributed by atoms with Gasteiger partial charge >= 0.3 is 17.9 Å². The fraction of sp³-hybridized carbons (Fsp3) is 0.429. The van der Waals surface area contributed by atoms with Gasteiger partial charge in [-0.2, -0.15) is 0 Å². The lowest BCUT2D eigenvalue weighted by molar-refractivity contribution is -0.186. The summed E-state index contributed by atoms with van der Waals surface area (Å²) in [5.41, 5.74) is -0.433. The van der Waals surface area contributed by atoms with Crippen molar-refractivity contribution in [3.63, 3.8) is 0 Å². The Hall–Kier alpha value is -3.01. The lowest BCUT2D eigenvalue weighted by atomic mass is 10.1. The number of hydrogen-bond donors (Lipinski definition) is 0. The van der Waals surface area contributed by atoms with Crippen molar-refractivity contribution in [3.05, 3.63) is 30.0 Å². The van der Waals surface area contributed by atoms with Crippen molar-refractivity contribution >= 4 is 46.4 Å². The highest BCUT2D eigenvalue weighted by atomic mass is 32.2. The van der Waals surface area contributed by atoms with E-state index < -0.39 is 41.7 Å². The number of ether oxygens (including phenoxy) is 4. The Bertz CT molecular complexity index is 1010. The Morgan fingerprint density at radius 3 is 2.19 bits per heavy atom. The van der Waals surface area contributed by atoms with E-state index in [9.17, 15) is 19.2 Å². The van der Waals surface area contributed by atoms with Gasteiger partial charge in [-0.05, 0) is 12.1 Å². The Morgan fingerprint density at radius 1 is 0.935 bits per heavy atom. The molecule has 166 valence electrons. The fourth-order valence-corrected chi connectivity index (χ4v) is 4.45. The number of esters is 3. The first kappa shape index (κ1) is 22.7. The minimum Gasteiger partial charge on any atom is -0.472 e. The number of hydrogen-bond acceptors (Lipinski definition) is 10. The molecule has 1 aliphatic rings. The van der Waals surface area contributed by atoms with Gasteiger partial charge in [-0.15, -0.1) is 11.8 Å². The predicted octanol–water partition coefficient (Wildman–Crippen LogP) is 2.88. The van der Waals surface area contributed by atoms with Gasteiger partial charge < -0.3 is 23.4 Å². The number of benzene rings is 1. The van der Waals surface area contributed by atoms with E-state index in [0.29, 0.717) is 16.7 Å². The summed E-state index contributed by atoms with van der Waals surface area (Å²) in [6, 6.07) is 6.77. The van der Waals surface area contributed by atoms with Crippen molar-refractivity contribution < 1.29 is 42.5 Å². The van der Waals surface area contributed by atoms with Crippen LogP contribution in [-0.2, 0) is 28.6 Å². The van der Waals surface area contributed by atoms with E-state index in [0.717, 1.165) is 0 Å². The van der Waals surface area contributed by atoms with E-state index in [4.69, 9.17) is 23.4 Å². The zero-order chi connectivity index (χ0) is 22.7. The summed E-state index contributed by atoms with van der Waals surface area (Å²) < 4.78 is 27.8. The Labute approximate surface area is 182 Å². The summed E-state index contributed by atoms with van der Waals surface area (Å²) in [7, 11) is 0. The van der Waals surface area contributed by atoms with Crippen molar-refractivity contribution in [2.45, 2.75) is 51.4 Å². The second-order valence-electron chi connectivity index (χ2n) is 6.96. The van der Waals surface area contributed by atoms with E-state index in [1.807, 2.05) is 0 Å². The topological polar surface area (TPSA) is 118 Å². The molecule has 1 saturated heterocycles. The van der Waals surface area contributed by atoms with Crippen LogP contribution in [0.3, 0.4) is 0 Å². The van der Waals surface area contributed by atoms with Gasteiger partial charge in [-0.3, -0.25) is 19.2 Å². The van der Waals surface area contributed by atoms with Crippen LogP contribution in [0.5, 0.6) is 5.75 Å². The molecule has 4 atom stereocenters. The molecule has 0 unspecified atom stereocenters. The molecule has 1 aliphatic heterocycles. The van der Waals surface area contributed by atoms with Gasteiger partial charge in [0.05, 0.1) is 0 Å². The van der Waals surface area contributed by atoms with Crippen LogP contribution in [0.4, 0.5) is 0 Å². The SMILES string of the molecule is CC(=O)O[C@@H]1[C@@H](OC(C)=O)[C@H](OC(C)=O)CS[C@H]1Oc1cccc2cc(C(C)=O)oc12. The zero-order valence-corrected chi connectivity index (χ0v) is 18.2. The van der Waals surface area contributed by atoms with Crippen LogP contribution in [0, 0.1) is 0 Å². The monoisotopic (exact) mass is 450 g/mol. The average molecular weight is 450 g/mol. The number of thioether (sulfide) groups is 1. The predicted molar refractivity (Wildman–Crippen MR) is 110 cm³/mol. The molecule has 0 saturated carbocycles. The summed E-state index contributed by atoms with van der Waals surface area (Å²) in [6.07, 6.45) is -2.93.